The first kappa shape index (κ1) is 30.6. The smallest absolute Gasteiger partial charge is 0.248 e. The zero-order valence-corrected chi connectivity index (χ0v) is 25.4. The lowest BCUT2D eigenvalue weighted by Gasteiger charge is -2.38. The molecule has 2 fully saturated rings. The Hall–Kier alpha value is -2.81. The van der Waals surface area contributed by atoms with Crippen molar-refractivity contribution in [2.75, 3.05) is 39.1 Å². The number of hydrogen-bond acceptors (Lipinski definition) is 9. The van der Waals surface area contributed by atoms with Gasteiger partial charge in [-0.05, 0) is 56.5 Å². The Morgan fingerprint density at radius 1 is 1.12 bits per heavy atom. The Morgan fingerprint density at radius 3 is 2.57 bits per heavy atom. The van der Waals surface area contributed by atoms with Gasteiger partial charge >= 0.3 is 0 Å². The van der Waals surface area contributed by atoms with E-state index in [1.807, 2.05) is 19.1 Å². The number of pyridine rings is 1. The van der Waals surface area contributed by atoms with E-state index in [0.29, 0.717) is 49.1 Å². The van der Waals surface area contributed by atoms with Crippen molar-refractivity contribution in [3.8, 4) is 5.75 Å². The number of aliphatic hydroxyl groups is 1. The molecule has 0 radical (unpaired) electrons. The molecule has 13 heteroatoms. The maximum atomic E-state index is 13.6. The molecule has 11 nitrogen and oxygen atoms in total. The van der Waals surface area contributed by atoms with E-state index < -0.39 is 37.0 Å². The molecule has 3 heterocycles. The van der Waals surface area contributed by atoms with Gasteiger partial charge in [0.25, 0.3) is 0 Å². The van der Waals surface area contributed by atoms with Gasteiger partial charge in [-0.1, -0.05) is 18.2 Å². The second kappa shape index (κ2) is 12.1. The molecule has 5 rings (SSSR count). The predicted molar refractivity (Wildman–Crippen MR) is 158 cm³/mol. The second-order valence-electron chi connectivity index (χ2n) is 11.0. The Morgan fingerprint density at radius 2 is 1.86 bits per heavy atom. The summed E-state index contributed by atoms with van der Waals surface area (Å²) < 4.78 is 65.6. The van der Waals surface area contributed by atoms with E-state index in [1.165, 1.54) is 22.6 Å². The quantitative estimate of drug-likeness (QED) is 0.347. The zero-order valence-electron chi connectivity index (χ0n) is 23.7. The SMILES string of the molecule is CCn1cc(S(=O)(=O)N2CCC3(CC2)C[C@@H](NC[C@H](O)COc2cccc(S(C)(=O)=O)c2)CO3)c(=O)c2ccccc21. The van der Waals surface area contributed by atoms with Crippen LogP contribution in [0.1, 0.15) is 26.2 Å². The molecule has 2 atom stereocenters. The van der Waals surface area contributed by atoms with Crippen molar-refractivity contribution < 1.29 is 31.4 Å². The highest BCUT2D eigenvalue weighted by Crippen LogP contribution is 2.37. The van der Waals surface area contributed by atoms with Crippen LogP contribution in [0.4, 0.5) is 0 Å². The van der Waals surface area contributed by atoms with Crippen molar-refractivity contribution in [3.63, 3.8) is 0 Å². The highest BCUT2D eigenvalue weighted by molar-refractivity contribution is 7.90. The first-order valence-electron chi connectivity index (χ1n) is 14.0. The second-order valence-corrected chi connectivity index (χ2v) is 15.0. The van der Waals surface area contributed by atoms with Crippen LogP contribution in [0.5, 0.6) is 5.75 Å². The third kappa shape index (κ3) is 6.41. The number of benzene rings is 2. The summed E-state index contributed by atoms with van der Waals surface area (Å²) in [7, 11) is -7.35. The van der Waals surface area contributed by atoms with Crippen LogP contribution < -0.4 is 15.5 Å². The van der Waals surface area contributed by atoms with Crippen molar-refractivity contribution in [1.82, 2.24) is 14.2 Å². The molecular weight excluding hydrogens is 582 g/mol. The molecule has 0 unspecified atom stereocenters. The van der Waals surface area contributed by atoms with Gasteiger partial charge in [-0.15, -0.1) is 0 Å². The number of para-hydroxylation sites is 1. The maximum Gasteiger partial charge on any atom is 0.248 e. The van der Waals surface area contributed by atoms with Crippen molar-refractivity contribution in [3.05, 3.63) is 65.0 Å². The molecule has 2 aliphatic heterocycles. The Labute approximate surface area is 246 Å². The number of nitrogens with one attached hydrogen (secondary N) is 1. The molecule has 2 saturated heterocycles. The molecule has 3 aromatic rings. The number of aliphatic hydroxyl groups excluding tert-OH is 1. The first-order valence-corrected chi connectivity index (χ1v) is 17.4. The summed E-state index contributed by atoms with van der Waals surface area (Å²) in [6.45, 7) is 3.61. The molecule has 0 aliphatic carbocycles. The van der Waals surface area contributed by atoms with Crippen molar-refractivity contribution >= 4 is 30.8 Å². The van der Waals surface area contributed by atoms with Gasteiger partial charge in [0.1, 0.15) is 23.4 Å². The Bertz CT molecular complexity index is 1710. The first-order chi connectivity index (χ1) is 19.9. The van der Waals surface area contributed by atoms with Crippen LogP contribution in [-0.4, -0.2) is 87.7 Å². The number of aromatic nitrogens is 1. The van der Waals surface area contributed by atoms with Crippen LogP contribution in [0.25, 0.3) is 10.9 Å². The van der Waals surface area contributed by atoms with Gasteiger partial charge in [0.15, 0.2) is 9.84 Å². The number of ether oxygens (including phenoxy) is 2. The summed E-state index contributed by atoms with van der Waals surface area (Å²) in [5.41, 5.74) is -0.246. The average Bonchev–Trinajstić information content (AvgIpc) is 3.37. The number of fused-ring (bicyclic) bond motifs is 1. The van der Waals surface area contributed by atoms with Crippen molar-refractivity contribution in [2.45, 2.75) is 60.3 Å². The van der Waals surface area contributed by atoms with E-state index in [9.17, 15) is 26.7 Å². The van der Waals surface area contributed by atoms with E-state index in [0.717, 1.165) is 6.26 Å². The summed E-state index contributed by atoms with van der Waals surface area (Å²) in [4.78, 5) is 13.1. The summed E-state index contributed by atoms with van der Waals surface area (Å²) in [5.74, 6) is 0.360. The molecule has 1 aromatic heterocycles. The minimum Gasteiger partial charge on any atom is -0.491 e. The zero-order chi connectivity index (χ0) is 30.1. The van der Waals surface area contributed by atoms with Gasteiger partial charge in [0, 0.05) is 50.1 Å². The number of piperidine rings is 1. The fourth-order valence-electron chi connectivity index (χ4n) is 5.71. The number of hydrogen-bond donors (Lipinski definition) is 2. The number of sulfonamides is 1. The summed E-state index contributed by atoms with van der Waals surface area (Å²) in [5, 5.41) is 14.1. The topological polar surface area (TPSA) is 144 Å². The minimum absolute atomic E-state index is 0.0136. The fourth-order valence-corrected chi connectivity index (χ4v) is 7.91. The maximum absolute atomic E-state index is 13.6. The van der Waals surface area contributed by atoms with Crippen LogP contribution in [0, 0.1) is 0 Å². The molecule has 0 bridgehead atoms. The van der Waals surface area contributed by atoms with E-state index in [-0.39, 0.29) is 42.1 Å². The molecule has 2 N–H and O–H groups in total. The molecule has 42 heavy (non-hydrogen) atoms. The van der Waals surface area contributed by atoms with E-state index in [2.05, 4.69) is 5.32 Å². The molecule has 0 amide bonds. The highest BCUT2D eigenvalue weighted by Gasteiger charge is 2.45. The van der Waals surface area contributed by atoms with E-state index in [4.69, 9.17) is 9.47 Å². The monoisotopic (exact) mass is 619 g/mol. The number of aryl methyl sites for hydroxylation is 1. The van der Waals surface area contributed by atoms with Gasteiger partial charge in [-0.2, -0.15) is 4.31 Å². The van der Waals surface area contributed by atoms with Crippen LogP contribution in [-0.2, 0) is 31.1 Å². The van der Waals surface area contributed by atoms with Crippen molar-refractivity contribution in [2.24, 2.45) is 0 Å². The standard InChI is InChI=1S/C29H37N3O8S2/c1-3-31-18-27(28(34)25-9-4-5-10-26(25)31)42(37,38)32-13-11-29(12-14-32)16-21(19-40-29)30-17-22(33)20-39-23-7-6-8-24(15-23)41(2,35)36/h4-10,15,18,21-22,30,33H,3,11-14,16-17,19-20H2,1-2H3/t21-,22+/m1/s1. The molecule has 0 saturated carbocycles. The Kier molecular flexibility index (Phi) is 8.80. The largest absolute Gasteiger partial charge is 0.491 e. The molecular formula is C29H37N3O8S2. The van der Waals surface area contributed by atoms with Gasteiger partial charge < -0.3 is 24.5 Å². The van der Waals surface area contributed by atoms with Gasteiger partial charge in [0.2, 0.25) is 15.5 Å². The number of nitrogens with zero attached hydrogens (tertiary/aromatic N) is 2. The summed E-state index contributed by atoms with van der Waals surface area (Å²) >= 11 is 0. The summed E-state index contributed by atoms with van der Waals surface area (Å²) in [6, 6.07) is 13.2. The van der Waals surface area contributed by atoms with Gasteiger partial charge in [0.05, 0.1) is 22.6 Å². The Balaban J connectivity index is 1.15. The van der Waals surface area contributed by atoms with Crippen LogP contribution >= 0.6 is 0 Å². The van der Waals surface area contributed by atoms with E-state index in [1.54, 1.807) is 28.8 Å². The lowest BCUT2D eigenvalue weighted by Crippen LogP contribution is -2.47. The third-order valence-corrected chi connectivity index (χ3v) is 11.1. The van der Waals surface area contributed by atoms with Gasteiger partial charge in [-0.3, -0.25) is 4.79 Å². The fraction of sp³-hybridized carbons (Fsp3) is 0.483. The molecule has 228 valence electrons. The third-order valence-electron chi connectivity index (χ3n) is 8.07. The highest BCUT2D eigenvalue weighted by atomic mass is 32.2. The lowest BCUT2D eigenvalue weighted by molar-refractivity contribution is -0.0312. The normalized spacial score (nSPS) is 20.2. The predicted octanol–water partition coefficient (Wildman–Crippen LogP) is 1.77. The van der Waals surface area contributed by atoms with Crippen LogP contribution in [0.2, 0.25) is 0 Å². The average molecular weight is 620 g/mol. The lowest BCUT2D eigenvalue weighted by atomic mass is 9.88. The molecule has 2 aliphatic rings. The van der Waals surface area contributed by atoms with Crippen LogP contribution in [0.3, 0.4) is 0 Å². The number of rotatable bonds is 10. The van der Waals surface area contributed by atoms with Crippen LogP contribution in [0.15, 0.2) is 69.3 Å². The van der Waals surface area contributed by atoms with Crippen molar-refractivity contribution in [1.29, 1.82) is 0 Å². The van der Waals surface area contributed by atoms with Gasteiger partial charge in [-0.25, -0.2) is 16.8 Å². The molecule has 2 aromatic carbocycles. The number of sulfone groups is 1. The van der Waals surface area contributed by atoms with E-state index >= 15 is 0 Å². The summed E-state index contributed by atoms with van der Waals surface area (Å²) in [6.07, 6.45) is 3.42. The minimum atomic E-state index is -3.99. The molecule has 1 spiro atoms.